The van der Waals surface area contributed by atoms with Gasteiger partial charge in [0, 0.05) is 18.4 Å². The van der Waals surface area contributed by atoms with Crippen molar-refractivity contribution in [1.29, 1.82) is 0 Å². The third-order valence-corrected chi connectivity index (χ3v) is 3.02. The van der Waals surface area contributed by atoms with E-state index in [1.54, 1.807) is 12.1 Å². The maximum Gasteiger partial charge on any atom is 0.183 e. The van der Waals surface area contributed by atoms with Crippen LogP contribution >= 0.6 is 0 Å². The molecule has 15 heavy (non-hydrogen) atoms. The molecule has 0 saturated heterocycles. The predicted octanol–water partition coefficient (Wildman–Crippen LogP) is 1.50. The number of hydrogen-bond acceptors (Lipinski definition) is 2. The topological polar surface area (TPSA) is 43.5 Å². The Balaban J connectivity index is 2.61. The average molecular weight is 206 g/mol. The summed E-state index contributed by atoms with van der Waals surface area (Å²) in [6.45, 7) is 3.07. The highest BCUT2D eigenvalue weighted by atomic mass is 16.3. The van der Waals surface area contributed by atoms with Crippen molar-refractivity contribution in [2.45, 2.75) is 19.8 Å². The lowest BCUT2D eigenvalue weighted by atomic mass is 9.95. The zero-order chi connectivity index (χ0) is 11.0. The second-order valence-corrected chi connectivity index (χ2v) is 3.97. The van der Waals surface area contributed by atoms with Gasteiger partial charge < -0.3 is 10.2 Å². The van der Waals surface area contributed by atoms with Crippen LogP contribution in [0.15, 0.2) is 12.1 Å². The minimum atomic E-state index is -0.0324. The van der Waals surface area contributed by atoms with Crippen LogP contribution < -0.4 is 0 Å². The number of aromatic hydroxyl groups is 2. The van der Waals surface area contributed by atoms with E-state index in [0.29, 0.717) is 0 Å². The Morgan fingerprint density at radius 3 is 2.60 bits per heavy atom. The van der Waals surface area contributed by atoms with Crippen molar-refractivity contribution in [1.82, 2.24) is 0 Å². The largest absolute Gasteiger partial charge is 0.504 e. The Bertz CT molecular complexity index is 435. The van der Waals surface area contributed by atoms with Gasteiger partial charge in [-0.25, -0.2) is 4.58 Å². The van der Waals surface area contributed by atoms with E-state index in [9.17, 15) is 10.2 Å². The van der Waals surface area contributed by atoms with E-state index in [0.717, 1.165) is 30.5 Å². The second-order valence-electron chi connectivity index (χ2n) is 3.97. The molecule has 0 spiro atoms. The summed E-state index contributed by atoms with van der Waals surface area (Å²) >= 11 is 0. The van der Waals surface area contributed by atoms with Gasteiger partial charge in [0.1, 0.15) is 13.6 Å². The van der Waals surface area contributed by atoms with Gasteiger partial charge in [-0.05, 0) is 17.7 Å². The maximum absolute atomic E-state index is 9.49. The highest BCUT2D eigenvalue weighted by Crippen LogP contribution is 2.30. The molecule has 1 aromatic rings. The minimum Gasteiger partial charge on any atom is -0.504 e. The summed E-state index contributed by atoms with van der Waals surface area (Å²) in [4.78, 5) is 0. The number of benzene rings is 1. The molecule has 0 fully saturated rings. The highest BCUT2D eigenvalue weighted by molar-refractivity contribution is 5.99. The van der Waals surface area contributed by atoms with Crippen molar-refractivity contribution < 1.29 is 14.8 Å². The summed E-state index contributed by atoms with van der Waals surface area (Å²) in [5.41, 5.74) is 3.42. The molecule has 3 nitrogen and oxygen atoms in total. The lowest BCUT2D eigenvalue weighted by molar-refractivity contribution is -0.499. The summed E-state index contributed by atoms with van der Waals surface area (Å²) in [6, 6.07) is 3.34. The first-order valence-corrected chi connectivity index (χ1v) is 5.25. The van der Waals surface area contributed by atoms with Gasteiger partial charge in [-0.1, -0.05) is 6.92 Å². The van der Waals surface area contributed by atoms with Crippen LogP contribution in [0.4, 0.5) is 0 Å². The molecule has 1 aliphatic heterocycles. The van der Waals surface area contributed by atoms with Gasteiger partial charge in [0.05, 0.1) is 0 Å². The number of phenolic OH excluding ortho intramolecular Hbond substituents is 2. The number of fused-ring (bicyclic) bond motifs is 1. The van der Waals surface area contributed by atoms with E-state index < -0.39 is 0 Å². The van der Waals surface area contributed by atoms with Crippen LogP contribution in [0.3, 0.4) is 0 Å². The molecule has 2 N–H and O–H groups in total. The Kier molecular flexibility index (Phi) is 2.39. The molecule has 0 saturated carbocycles. The number of rotatable bonds is 1. The summed E-state index contributed by atoms with van der Waals surface area (Å²) in [7, 11) is 2.06. The number of phenols is 2. The molecule has 0 bridgehead atoms. The Morgan fingerprint density at radius 1 is 1.27 bits per heavy atom. The lowest BCUT2D eigenvalue weighted by Gasteiger charge is -2.16. The zero-order valence-electron chi connectivity index (χ0n) is 9.12. The highest BCUT2D eigenvalue weighted by Gasteiger charge is 2.23. The Morgan fingerprint density at radius 2 is 1.93 bits per heavy atom. The van der Waals surface area contributed by atoms with Crippen molar-refractivity contribution >= 4 is 5.71 Å². The monoisotopic (exact) mass is 206 g/mol. The molecule has 0 aromatic heterocycles. The van der Waals surface area contributed by atoms with Crippen molar-refractivity contribution in [2.75, 3.05) is 13.6 Å². The van der Waals surface area contributed by atoms with Gasteiger partial charge in [-0.15, -0.1) is 0 Å². The molecule has 0 amide bonds. The van der Waals surface area contributed by atoms with E-state index in [4.69, 9.17) is 0 Å². The second kappa shape index (κ2) is 3.57. The SMILES string of the molecule is CCC1=[N+](C)CCc2cc(O)c(O)cc21. The summed E-state index contributed by atoms with van der Waals surface area (Å²) in [5, 5.41) is 18.9. The average Bonchev–Trinajstić information content (AvgIpc) is 2.21. The summed E-state index contributed by atoms with van der Waals surface area (Å²) < 4.78 is 2.21. The van der Waals surface area contributed by atoms with Gasteiger partial charge in [-0.2, -0.15) is 0 Å². The molecule has 1 aromatic carbocycles. The van der Waals surface area contributed by atoms with Crippen LogP contribution in [0.25, 0.3) is 0 Å². The third-order valence-electron chi connectivity index (χ3n) is 3.02. The first kappa shape index (κ1) is 10.0. The Labute approximate surface area is 89.3 Å². The van der Waals surface area contributed by atoms with Gasteiger partial charge in [0.25, 0.3) is 0 Å². The van der Waals surface area contributed by atoms with Crippen molar-refractivity contribution in [3.63, 3.8) is 0 Å². The van der Waals surface area contributed by atoms with Crippen LogP contribution in [-0.2, 0) is 6.42 Å². The smallest absolute Gasteiger partial charge is 0.183 e. The third kappa shape index (κ3) is 1.58. The molecule has 1 aliphatic rings. The quantitative estimate of drug-likeness (QED) is 0.540. The number of likely N-dealkylation sites (N-methyl/N-ethyl adjacent to an activating group) is 1. The molecule has 0 atom stereocenters. The Hall–Kier alpha value is -1.51. The zero-order valence-corrected chi connectivity index (χ0v) is 9.12. The number of nitrogens with zero attached hydrogens (tertiary/aromatic N) is 1. The van der Waals surface area contributed by atoms with E-state index in [1.165, 1.54) is 5.71 Å². The molecule has 1 heterocycles. The molecule has 0 unspecified atom stereocenters. The fourth-order valence-corrected chi connectivity index (χ4v) is 2.18. The maximum atomic E-state index is 9.49. The molecule has 80 valence electrons. The van der Waals surface area contributed by atoms with E-state index >= 15 is 0 Å². The summed E-state index contributed by atoms with van der Waals surface area (Å²) in [5.74, 6) is -0.0521. The van der Waals surface area contributed by atoms with Crippen LogP contribution in [0.1, 0.15) is 24.5 Å². The van der Waals surface area contributed by atoms with Crippen LogP contribution in [-0.4, -0.2) is 34.1 Å². The first-order chi connectivity index (χ1) is 7.13. The van der Waals surface area contributed by atoms with Crippen LogP contribution in [0.2, 0.25) is 0 Å². The molecule has 3 heteroatoms. The lowest BCUT2D eigenvalue weighted by Crippen LogP contribution is -2.26. The van der Waals surface area contributed by atoms with E-state index in [1.807, 2.05) is 0 Å². The molecule has 0 aliphatic carbocycles. The van der Waals surface area contributed by atoms with Crippen LogP contribution in [0, 0.1) is 0 Å². The first-order valence-electron chi connectivity index (χ1n) is 5.25. The minimum absolute atomic E-state index is 0.0197. The van der Waals surface area contributed by atoms with Gasteiger partial charge in [0.2, 0.25) is 0 Å². The molecule has 2 rings (SSSR count). The van der Waals surface area contributed by atoms with E-state index in [2.05, 4.69) is 18.5 Å². The van der Waals surface area contributed by atoms with E-state index in [-0.39, 0.29) is 11.5 Å². The molecular formula is C12H16NO2+. The fourth-order valence-electron chi connectivity index (χ4n) is 2.18. The van der Waals surface area contributed by atoms with Gasteiger partial charge in [0.15, 0.2) is 17.2 Å². The summed E-state index contributed by atoms with van der Waals surface area (Å²) in [6.07, 6.45) is 1.86. The molecule has 0 radical (unpaired) electrons. The standard InChI is InChI=1S/C12H15NO2/c1-3-10-9-7-12(15)11(14)6-8(9)4-5-13(10)2/h6-7,15H,3-5H2,1-2H3/p+1. The normalized spacial score (nSPS) is 15.3. The fraction of sp³-hybridized carbons (Fsp3) is 0.417. The van der Waals surface area contributed by atoms with Gasteiger partial charge in [-0.3, -0.25) is 0 Å². The van der Waals surface area contributed by atoms with Crippen molar-refractivity contribution in [3.8, 4) is 11.5 Å². The number of hydrogen-bond donors (Lipinski definition) is 2. The van der Waals surface area contributed by atoms with Crippen molar-refractivity contribution in [2.24, 2.45) is 0 Å². The predicted molar refractivity (Wildman–Crippen MR) is 58.9 cm³/mol. The van der Waals surface area contributed by atoms with Crippen molar-refractivity contribution in [3.05, 3.63) is 23.3 Å². The molecular weight excluding hydrogens is 190 g/mol. The van der Waals surface area contributed by atoms with Crippen LogP contribution in [0.5, 0.6) is 11.5 Å². The van der Waals surface area contributed by atoms with Gasteiger partial charge >= 0.3 is 0 Å².